The number of nitrogens with two attached hydrogens (primary N) is 1. The smallest absolute Gasteiger partial charge is 0.316 e. The Morgan fingerprint density at radius 3 is 2.04 bits per heavy atom. The summed E-state index contributed by atoms with van der Waals surface area (Å²) in [7, 11) is 0. The molecule has 6 amide bonds. The molecule has 3 unspecified atom stereocenters. The van der Waals surface area contributed by atoms with Crippen molar-refractivity contribution >= 4 is 41.4 Å². The molecule has 5 rings (SSSR count). The van der Waals surface area contributed by atoms with Crippen LogP contribution >= 0.6 is 0 Å². The van der Waals surface area contributed by atoms with E-state index in [0.29, 0.717) is 51.5 Å². The number of anilines is 1. The molecule has 0 radical (unpaired) electrons. The number of Topliss-reactive ketones (excluding diaryl/α,β-unsaturated/α-hetero) is 1. The number of ketones is 1. The third-order valence-electron chi connectivity index (χ3n) is 11.7. The first-order chi connectivity index (χ1) is 24.7. The number of hydrogen-bond acceptors (Lipinski definition) is 9. The molecule has 15 heteroatoms. The highest BCUT2D eigenvalue weighted by atomic mass is 16.2. The van der Waals surface area contributed by atoms with E-state index in [0.717, 1.165) is 19.3 Å². The van der Waals surface area contributed by atoms with E-state index in [-0.39, 0.29) is 34.5 Å². The highest BCUT2D eigenvalue weighted by Gasteiger charge is 2.70. The van der Waals surface area contributed by atoms with Crippen molar-refractivity contribution in [2.24, 2.45) is 39.7 Å². The molecule has 4 aliphatic rings. The summed E-state index contributed by atoms with van der Waals surface area (Å²) in [5, 5.41) is 8.58. The molecule has 5 N–H and O–H groups in total. The third-order valence-corrected chi connectivity index (χ3v) is 11.7. The summed E-state index contributed by atoms with van der Waals surface area (Å²) in [6.45, 7) is 17.9. The number of nitrogens with zero attached hydrogens (tertiary/aromatic N) is 5. The van der Waals surface area contributed by atoms with Crippen molar-refractivity contribution in [1.82, 2.24) is 35.7 Å². The van der Waals surface area contributed by atoms with Crippen molar-refractivity contribution < 1.29 is 28.8 Å². The molecule has 1 aromatic rings. The first-order valence-corrected chi connectivity index (χ1v) is 19.0. The lowest BCUT2D eigenvalue weighted by Gasteiger charge is -2.39. The molecule has 4 fully saturated rings. The summed E-state index contributed by atoms with van der Waals surface area (Å²) in [6.07, 6.45) is 6.90. The number of piperazine rings is 1. The van der Waals surface area contributed by atoms with Crippen LogP contribution in [0.15, 0.2) is 18.5 Å². The number of fused-ring (bicyclic) bond motifs is 1. The minimum atomic E-state index is -1.10. The predicted molar refractivity (Wildman–Crippen MR) is 198 cm³/mol. The van der Waals surface area contributed by atoms with Gasteiger partial charge in [-0.05, 0) is 52.9 Å². The number of nitrogens with one attached hydrogen (secondary N) is 3. The van der Waals surface area contributed by atoms with E-state index in [4.69, 9.17) is 5.73 Å². The van der Waals surface area contributed by atoms with Crippen molar-refractivity contribution in [2.75, 3.05) is 37.6 Å². The normalized spacial score (nSPS) is 24.2. The van der Waals surface area contributed by atoms with Gasteiger partial charge in [0.2, 0.25) is 29.5 Å². The fourth-order valence-corrected chi connectivity index (χ4v) is 8.30. The molecule has 2 aliphatic carbocycles. The van der Waals surface area contributed by atoms with Gasteiger partial charge in [-0.15, -0.1) is 0 Å². The van der Waals surface area contributed by atoms with E-state index in [1.54, 1.807) is 23.4 Å². The maximum Gasteiger partial charge on any atom is 0.316 e. The fraction of sp³-hybridized carbons (Fsp3) is 0.737. The molecule has 15 nitrogen and oxygen atoms in total. The second-order valence-electron chi connectivity index (χ2n) is 18.3. The topological polar surface area (TPSA) is 200 Å². The first-order valence-electron chi connectivity index (χ1n) is 19.0. The molecule has 0 bridgehead atoms. The summed E-state index contributed by atoms with van der Waals surface area (Å²) in [5.41, 5.74) is 4.08. The Balaban J connectivity index is 1.29. The van der Waals surface area contributed by atoms with Gasteiger partial charge in [-0.2, -0.15) is 0 Å². The lowest BCUT2D eigenvalue weighted by molar-refractivity contribution is -0.145. The number of hydrogen-bond donors (Lipinski definition) is 4. The Kier molecular flexibility index (Phi) is 11.5. The molecule has 6 atom stereocenters. The molecule has 53 heavy (non-hydrogen) atoms. The van der Waals surface area contributed by atoms with E-state index in [9.17, 15) is 28.8 Å². The SMILES string of the molecule is CC(C)(C)CC(NC(=O)NC(C(=O)N1C[C@H]2[C@@H]([C@H]1C(=O)NC(CC1CCC1)C(=O)C(N)=O)C2(C)C)C(C)(C)C)C(=O)N1CCN(c2ncccn2)CC1. The van der Waals surface area contributed by atoms with Crippen LogP contribution in [0.2, 0.25) is 0 Å². The summed E-state index contributed by atoms with van der Waals surface area (Å²) >= 11 is 0. The fourth-order valence-electron chi connectivity index (χ4n) is 8.30. The standard InChI is InChI=1S/C38H59N9O6/c1-36(2,3)20-25(32(51)45-15-17-46(18-16-45)34-40-13-10-14-41-34)43-35(53)44-29(37(4,5)6)33(52)47-21-23-26(38(23,7)8)27(47)31(50)42-24(28(48)30(39)49)19-22-11-9-12-22/h10,13-14,22-27,29H,9,11-12,15-21H2,1-8H3,(H2,39,49)(H,42,50)(H2,43,44,53)/t23-,24?,25?,26-,27-,29?/m0/s1. The number of rotatable bonds is 12. The summed E-state index contributed by atoms with van der Waals surface area (Å²) in [6, 6.07) is -2.75. The van der Waals surface area contributed by atoms with Crippen LogP contribution in [0.5, 0.6) is 0 Å². The minimum Gasteiger partial charge on any atom is -0.363 e. The van der Waals surface area contributed by atoms with Gasteiger partial charge in [-0.3, -0.25) is 24.0 Å². The molecule has 1 aromatic heterocycles. The van der Waals surface area contributed by atoms with Gasteiger partial charge in [0.1, 0.15) is 18.1 Å². The van der Waals surface area contributed by atoms with Crippen molar-refractivity contribution in [2.45, 2.75) is 112 Å². The van der Waals surface area contributed by atoms with Crippen LogP contribution in [-0.4, -0.2) is 112 Å². The average Bonchev–Trinajstić information content (AvgIpc) is 3.36. The zero-order valence-electron chi connectivity index (χ0n) is 32.6. The van der Waals surface area contributed by atoms with Gasteiger partial charge in [-0.25, -0.2) is 14.8 Å². The number of carbonyl (C=O) groups excluding carboxylic acids is 6. The third kappa shape index (κ3) is 9.09. The quantitative estimate of drug-likeness (QED) is 0.231. The average molecular weight is 738 g/mol. The number of piperidine rings is 1. The second kappa shape index (κ2) is 15.2. The van der Waals surface area contributed by atoms with Crippen LogP contribution in [0.1, 0.15) is 87.5 Å². The minimum absolute atomic E-state index is 0.0521. The Hall–Kier alpha value is -4.30. The predicted octanol–water partition coefficient (Wildman–Crippen LogP) is 1.86. The van der Waals surface area contributed by atoms with Gasteiger partial charge in [0.05, 0.1) is 6.04 Å². The molecular weight excluding hydrogens is 678 g/mol. The van der Waals surface area contributed by atoms with Crippen molar-refractivity contribution in [3.8, 4) is 0 Å². The molecule has 0 aromatic carbocycles. The van der Waals surface area contributed by atoms with E-state index in [1.165, 1.54) is 4.90 Å². The number of likely N-dealkylation sites (tertiary alicyclic amines) is 1. The Morgan fingerprint density at radius 2 is 1.51 bits per heavy atom. The van der Waals surface area contributed by atoms with Crippen molar-refractivity contribution in [3.63, 3.8) is 0 Å². The number of carbonyl (C=O) groups is 6. The van der Waals surface area contributed by atoms with Crippen LogP contribution in [0, 0.1) is 34.0 Å². The molecular formula is C38H59N9O6. The molecule has 3 heterocycles. The van der Waals surface area contributed by atoms with Gasteiger partial charge in [0.25, 0.3) is 5.91 Å². The Bertz CT molecular complexity index is 1560. The second-order valence-corrected chi connectivity index (χ2v) is 18.3. The van der Waals surface area contributed by atoms with Crippen molar-refractivity contribution in [1.29, 1.82) is 0 Å². The summed E-state index contributed by atoms with van der Waals surface area (Å²) < 4.78 is 0. The summed E-state index contributed by atoms with van der Waals surface area (Å²) in [5.74, 6) is -2.36. The number of urea groups is 1. The maximum atomic E-state index is 14.5. The highest BCUT2D eigenvalue weighted by molar-refractivity contribution is 6.37. The Morgan fingerprint density at radius 1 is 0.887 bits per heavy atom. The van der Waals surface area contributed by atoms with Crippen LogP contribution in [-0.2, 0) is 24.0 Å². The first kappa shape index (κ1) is 39.9. The zero-order valence-corrected chi connectivity index (χ0v) is 32.6. The van der Waals surface area contributed by atoms with Gasteiger partial charge in [0, 0.05) is 45.1 Å². The van der Waals surface area contributed by atoms with Gasteiger partial charge >= 0.3 is 6.03 Å². The van der Waals surface area contributed by atoms with Gasteiger partial charge in [-0.1, -0.05) is 74.7 Å². The van der Waals surface area contributed by atoms with E-state index >= 15 is 0 Å². The molecule has 292 valence electrons. The van der Waals surface area contributed by atoms with Gasteiger partial charge in [0.15, 0.2) is 0 Å². The Labute approximate surface area is 312 Å². The summed E-state index contributed by atoms with van der Waals surface area (Å²) in [4.78, 5) is 94.9. The molecule has 2 aliphatic heterocycles. The monoisotopic (exact) mass is 737 g/mol. The van der Waals surface area contributed by atoms with Crippen LogP contribution in [0.3, 0.4) is 0 Å². The molecule has 2 saturated carbocycles. The molecule has 0 spiro atoms. The van der Waals surface area contributed by atoms with E-state index < -0.39 is 59.1 Å². The van der Waals surface area contributed by atoms with Crippen molar-refractivity contribution in [3.05, 3.63) is 18.5 Å². The zero-order chi connectivity index (χ0) is 39.0. The van der Waals surface area contributed by atoms with Crippen LogP contribution < -0.4 is 26.6 Å². The number of primary amides is 1. The van der Waals surface area contributed by atoms with E-state index in [2.05, 4.69) is 39.8 Å². The van der Waals surface area contributed by atoms with E-state index in [1.807, 2.05) is 46.4 Å². The number of amides is 6. The number of aromatic nitrogens is 2. The maximum absolute atomic E-state index is 14.5. The van der Waals surface area contributed by atoms with Crippen LogP contribution in [0.4, 0.5) is 10.7 Å². The largest absolute Gasteiger partial charge is 0.363 e. The molecule has 2 saturated heterocycles. The lowest BCUT2D eigenvalue weighted by Crippen LogP contribution is -2.63. The van der Waals surface area contributed by atoms with Gasteiger partial charge < -0.3 is 36.4 Å². The lowest BCUT2D eigenvalue weighted by atomic mass is 9.80. The van der Waals surface area contributed by atoms with Crippen LogP contribution in [0.25, 0.3) is 0 Å². The highest BCUT2D eigenvalue weighted by Crippen LogP contribution is 2.65.